The van der Waals surface area contributed by atoms with Crippen molar-refractivity contribution in [3.63, 3.8) is 0 Å². The van der Waals surface area contributed by atoms with Crippen LogP contribution in [-0.2, 0) is 9.05 Å². The third-order valence-corrected chi connectivity index (χ3v) is 4.21. The lowest BCUT2D eigenvalue weighted by Crippen LogP contribution is -2.30. The Morgan fingerprint density at radius 3 is 2.26 bits per heavy atom. The summed E-state index contributed by atoms with van der Waals surface area (Å²) in [6, 6.07) is 1.63. The molecule has 1 aromatic carbocycles. The van der Waals surface area contributed by atoms with Gasteiger partial charge in [-0.05, 0) is 26.0 Å². The average molecular weight is 328 g/mol. The van der Waals surface area contributed by atoms with Gasteiger partial charge >= 0.3 is 0 Å². The molecule has 8 heteroatoms. The van der Waals surface area contributed by atoms with Crippen molar-refractivity contribution in [1.82, 2.24) is 4.90 Å². The summed E-state index contributed by atoms with van der Waals surface area (Å²) in [7, 11) is 0.827. The Hall–Kier alpha value is -0.850. The molecule has 0 atom stereocenters. The van der Waals surface area contributed by atoms with Crippen LogP contribution in [0.1, 0.15) is 24.2 Å². The molecule has 0 heterocycles. The maximum atomic E-state index is 13.5. The Kier molecular flexibility index (Phi) is 5.18. The molecule has 1 rings (SSSR count). The zero-order valence-corrected chi connectivity index (χ0v) is 12.6. The first-order chi connectivity index (χ1) is 8.72. The fourth-order valence-electron chi connectivity index (χ4n) is 1.56. The quantitative estimate of drug-likeness (QED) is 0.799. The third-order valence-electron chi connectivity index (χ3n) is 2.57. The standard InChI is InChI=1S/C11H12Cl2FNO3S/c1-3-15(4-2)11(16)7-5-10(19(13,17)18)9(14)6-8(7)12/h5-6H,3-4H2,1-2H3. The van der Waals surface area contributed by atoms with E-state index in [1.807, 2.05) is 0 Å². The van der Waals surface area contributed by atoms with Crippen LogP contribution in [0.15, 0.2) is 17.0 Å². The molecular formula is C11H12Cl2FNO3S. The van der Waals surface area contributed by atoms with Crippen LogP contribution in [0.3, 0.4) is 0 Å². The van der Waals surface area contributed by atoms with E-state index in [0.29, 0.717) is 13.1 Å². The number of hydrogen-bond donors (Lipinski definition) is 0. The van der Waals surface area contributed by atoms with E-state index in [1.54, 1.807) is 13.8 Å². The van der Waals surface area contributed by atoms with E-state index < -0.39 is 25.7 Å². The molecule has 0 radical (unpaired) electrons. The Labute approximate surface area is 120 Å². The number of carbonyl (C=O) groups excluding carboxylic acids is 1. The van der Waals surface area contributed by atoms with Crippen LogP contribution in [0, 0.1) is 5.82 Å². The molecule has 0 aliphatic heterocycles. The SMILES string of the molecule is CCN(CC)C(=O)c1cc(S(=O)(=O)Cl)c(F)cc1Cl. The molecule has 106 valence electrons. The van der Waals surface area contributed by atoms with Crippen LogP contribution in [0.2, 0.25) is 5.02 Å². The van der Waals surface area contributed by atoms with Crippen molar-refractivity contribution < 1.29 is 17.6 Å². The summed E-state index contributed by atoms with van der Waals surface area (Å²) in [5.41, 5.74) is -0.0917. The van der Waals surface area contributed by atoms with Gasteiger partial charge in [-0.15, -0.1) is 0 Å². The van der Waals surface area contributed by atoms with Crippen LogP contribution in [0.5, 0.6) is 0 Å². The van der Waals surface area contributed by atoms with Crippen LogP contribution in [0.25, 0.3) is 0 Å². The summed E-state index contributed by atoms with van der Waals surface area (Å²) >= 11 is 5.78. The van der Waals surface area contributed by atoms with Crippen molar-refractivity contribution in [3.8, 4) is 0 Å². The second-order valence-electron chi connectivity index (χ2n) is 3.68. The highest BCUT2D eigenvalue weighted by atomic mass is 35.7. The zero-order chi connectivity index (χ0) is 14.8. The molecule has 0 unspecified atom stereocenters. The van der Waals surface area contributed by atoms with Gasteiger partial charge in [-0.3, -0.25) is 4.79 Å². The van der Waals surface area contributed by atoms with Gasteiger partial charge in [0, 0.05) is 23.8 Å². The normalized spacial score (nSPS) is 11.4. The van der Waals surface area contributed by atoms with Gasteiger partial charge in [0.05, 0.1) is 10.6 Å². The Morgan fingerprint density at radius 1 is 1.32 bits per heavy atom. The lowest BCUT2D eigenvalue weighted by Gasteiger charge is -2.19. The van der Waals surface area contributed by atoms with Crippen molar-refractivity contribution >= 4 is 37.2 Å². The van der Waals surface area contributed by atoms with Gasteiger partial charge in [0.1, 0.15) is 10.7 Å². The van der Waals surface area contributed by atoms with Crippen LogP contribution in [-0.4, -0.2) is 32.3 Å². The molecule has 0 saturated heterocycles. The van der Waals surface area contributed by atoms with E-state index in [1.165, 1.54) is 4.90 Å². The molecule has 1 aromatic rings. The molecule has 0 saturated carbocycles. The minimum atomic E-state index is -4.28. The minimum Gasteiger partial charge on any atom is -0.339 e. The first kappa shape index (κ1) is 16.2. The van der Waals surface area contributed by atoms with Gasteiger partial charge in [-0.1, -0.05) is 11.6 Å². The summed E-state index contributed by atoms with van der Waals surface area (Å²) < 4.78 is 35.9. The molecular weight excluding hydrogens is 316 g/mol. The van der Waals surface area contributed by atoms with Crippen molar-refractivity contribution in [1.29, 1.82) is 0 Å². The molecule has 0 N–H and O–H groups in total. The van der Waals surface area contributed by atoms with E-state index in [9.17, 15) is 17.6 Å². The predicted octanol–water partition coefficient (Wildman–Crippen LogP) is 2.89. The predicted molar refractivity (Wildman–Crippen MR) is 71.7 cm³/mol. The van der Waals surface area contributed by atoms with E-state index >= 15 is 0 Å². The molecule has 19 heavy (non-hydrogen) atoms. The van der Waals surface area contributed by atoms with Gasteiger partial charge in [0.2, 0.25) is 0 Å². The first-order valence-corrected chi connectivity index (χ1v) is 8.14. The van der Waals surface area contributed by atoms with E-state index in [2.05, 4.69) is 0 Å². The molecule has 1 amide bonds. The Bertz CT molecular complexity index is 600. The largest absolute Gasteiger partial charge is 0.339 e. The second kappa shape index (κ2) is 6.07. The maximum Gasteiger partial charge on any atom is 0.264 e. The topological polar surface area (TPSA) is 54.5 Å². The van der Waals surface area contributed by atoms with Crippen LogP contribution in [0.4, 0.5) is 4.39 Å². The number of benzene rings is 1. The number of hydrogen-bond acceptors (Lipinski definition) is 3. The fraction of sp³-hybridized carbons (Fsp3) is 0.364. The third kappa shape index (κ3) is 3.58. The number of carbonyl (C=O) groups is 1. The number of halogens is 3. The van der Waals surface area contributed by atoms with Crippen LogP contribution < -0.4 is 0 Å². The molecule has 0 spiro atoms. The monoisotopic (exact) mass is 327 g/mol. The van der Waals surface area contributed by atoms with Gasteiger partial charge in [0.15, 0.2) is 0 Å². The average Bonchev–Trinajstić information content (AvgIpc) is 2.28. The van der Waals surface area contributed by atoms with Crippen molar-refractivity contribution in [2.75, 3.05) is 13.1 Å². The second-order valence-corrected chi connectivity index (χ2v) is 6.62. The zero-order valence-electron chi connectivity index (χ0n) is 10.3. The molecule has 0 aliphatic rings. The number of rotatable bonds is 4. The molecule has 0 bridgehead atoms. The highest BCUT2D eigenvalue weighted by Crippen LogP contribution is 2.27. The summed E-state index contributed by atoms with van der Waals surface area (Å²) in [5.74, 6) is -1.56. The van der Waals surface area contributed by atoms with Crippen LogP contribution >= 0.6 is 22.3 Å². The summed E-state index contributed by atoms with van der Waals surface area (Å²) in [4.78, 5) is 12.8. The van der Waals surface area contributed by atoms with E-state index in [-0.39, 0.29) is 10.6 Å². The van der Waals surface area contributed by atoms with E-state index in [0.717, 1.165) is 12.1 Å². The number of nitrogens with zero attached hydrogens (tertiary/aromatic N) is 1. The van der Waals surface area contributed by atoms with Crippen molar-refractivity contribution in [2.45, 2.75) is 18.7 Å². The lowest BCUT2D eigenvalue weighted by atomic mass is 10.2. The summed E-state index contributed by atoms with van der Waals surface area (Å²) in [6.45, 7) is 4.37. The summed E-state index contributed by atoms with van der Waals surface area (Å²) in [6.07, 6.45) is 0. The van der Waals surface area contributed by atoms with Gasteiger partial charge in [-0.25, -0.2) is 12.8 Å². The number of amides is 1. The first-order valence-electron chi connectivity index (χ1n) is 5.45. The highest BCUT2D eigenvalue weighted by molar-refractivity contribution is 8.13. The van der Waals surface area contributed by atoms with Crippen molar-refractivity contribution in [2.24, 2.45) is 0 Å². The summed E-state index contributed by atoms with van der Waals surface area (Å²) in [5, 5.41) is -0.154. The van der Waals surface area contributed by atoms with Gasteiger partial charge < -0.3 is 4.90 Å². The molecule has 4 nitrogen and oxygen atoms in total. The Balaban J connectivity index is 3.41. The minimum absolute atomic E-state index is 0.0917. The maximum absolute atomic E-state index is 13.5. The molecule has 0 aliphatic carbocycles. The van der Waals surface area contributed by atoms with Crippen molar-refractivity contribution in [3.05, 3.63) is 28.5 Å². The molecule has 0 fully saturated rings. The lowest BCUT2D eigenvalue weighted by molar-refractivity contribution is 0.0773. The Morgan fingerprint density at radius 2 is 1.84 bits per heavy atom. The van der Waals surface area contributed by atoms with E-state index in [4.69, 9.17) is 22.3 Å². The van der Waals surface area contributed by atoms with Gasteiger partial charge in [-0.2, -0.15) is 0 Å². The molecule has 0 aromatic heterocycles. The highest BCUT2D eigenvalue weighted by Gasteiger charge is 2.23. The smallest absolute Gasteiger partial charge is 0.264 e. The van der Waals surface area contributed by atoms with Gasteiger partial charge in [0.25, 0.3) is 15.0 Å². The fourth-order valence-corrected chi connectivity index (χ4v) is 2.70.